The van der Waals surface area contributed by atoms with Gasteiger partial charge in [0.15, 0.2) is 0 Å². The highest BCUT2D eigenvalue weighted by Gasteiger charge is 2.52. The molecule has 0 bridgehead atoms. The van der Waals surface area contributed by atoms with Crippen molar-refractivity contribution in [2.24, 2.45) is 0 Å². The molecule has 20 heavy (non-hydrogen) atoms. The number of hydrogen-bond acceptors (Lipinski definition) is 0. The van der Waals surface area contributed by atoms with Crippen molar-refractivity contribution in [3.63, 3.8) is 0 Å². The molecule has 106 valence electrons. The third-order valence-corrected chi connectivity index (χ3v) is 9.87. The van der Waals surface area contributed by atoms with Crippen LogP contribution in [0, 0.1) is 0 Å². The average molecular weight is 285 g/mol. The maximum atomic E-state index is 2.41. The van der Waals surface area contributed by atoms with Crippen molar-refractivity contribution in [1.82, 2.24) is 0 Å². The maximum Gasteiger partial charge on any atom is 0.0997 e. The van der Waals surface area contributed by atoms with E-state index in [1.54, 1.807) is 10.6 Å². The van der Waals surface area contributed by atoms with Gasteiger partial charge < -0.3 is 0 Å². The van der Waals surface area contributed by atoms with Gasteiger partial charge in [0.05, 0.1) is 29.2 Å². The van der Waals surface area contributed by atoms with Crippen LogP contribution in [0.1, 0.15) is 34.1 Å². The van der Waals surface area contributed by atoms with Crippen molar-refractivity contribution < 1.29 is 0 Å². The SMILES string of the molecule is CCC[P+](c1ccccc1)(c1ccccc1)C(C)(C)C. The molecule has 0 atom stereocenters. The summed E-state index contributed by atoms with van der Waals surface area (Å²) in [5, 5.41) is 3.37. The Morgan fingerprint density at radius 1 is 0.750 bits per heavy atom. The number of rotatable bonds is 4. The molecule has 2 aromatic rings. The minimum atomic E-state index is -1.38. The van der Waals surface area contributed by atoms with Crippen molar-refractivity contribution in [3.8, 4) is 0 Å². The second-order valence-electron chi connectivity index (χ2n) is 6.38. The van der Waals surface area contributed by atoms with E-state index in [-0.39, 0.29) is 5.16 Å². The molecular formula is C19H26P+. The zero-order valence-corrected chi connectivity index (χ0v) is 14.0. The normalized spacial score (nSPS) is 12.4. The predicted molar refractivity (Wildman–Crippen MR) is 94.0 cm³/mol. The van der Waals surface area contributed by atoms with Crippen LogP contribution in [-0.2, 0) is 0 Å². The van der Waals surface area contributed by atoms with Gasteiger partial charge in [-0.2, -0.15) is 0 Å². The standard InChI is InChI=1S/C19H26P/c1-5-16-20(19(2,3)4,17-12-8-6-9-13-17)18-14-10-7-11-15-18/h6-15H,5,16H2,1-4H3/q+1. The third-order valence-electron chi connectivity index (χ3n) is 4.10. The lowest BCUT2D eigenvalue weighted by atomic mass is 10.2. The zero-order valence-electron chi connectivity index (χ0n) is 13.1. The van der Waals surface area contributed by atoms with Gasteiger partial charge in [0.1, 0.15) is 0 Å². The Bertz CT molecular complexity index is 483. The molecule has 2 rings (SSSR count). The highest BCUT2D eigenvalue weighted by molar-refractivity contribution is 7.90. The molecule has 0 aliphatic heterocycles. The Balaban J connectivity index is 2.70. The summed E-state index contributed by atoms with van der Waals surface area (Å²) in [4.78, 5) is 0. The van der Waals surface area contributed by atoms with Gasteiger partial charge in [0, 0.05) is 0 Å². The van der Waals surface area contributed by atoms with E-state index in [9.17, 15) is 0 Å². The van der Waals surface area contributed by atoms with Crippen LogP contribution >= 0.6 is 7.26 Å². The van der Waals surface area contributed by atoms with Gasteiger partial charge in [0.2, 0.25) is 0 Å². The molecule has 0 fully saturated rings. The second-order valence-corrected chi connectivity index (χ2v) is 10.8. The molecule has 0 saturated carbocycles. The van der Waals surface area contributed by atoms with Crippen molar-refractivity contribution in [2.75, 3.05) is 6.16 Å². The van der Waals surface area contributed by atoms with Gasteiger partial charge in [-0.05, 0) is 51.5 Å². The Morgan fingerprint density at radius 2 is 1.15 bits per heavy atom. The fraction of sp³-hybridized carbons (Fsp3) is 0.368. The first-order valence-electron chi connectivity index (χ1n) is 7.52. The summed E-state index contributed by atoms with van der Waals surface area (Å²) in [7, 11) is -1.38. The van der Waals surface area contributed by atoms with Crippen LogP contribution in [0.4, 0.5) is 0 Å². The molecule has 0 N–H and O–H groups in total. The van der Waals surface area contributed by atoms with E-state index in [1.807, 2.05) is 0 Å². The van der Waals surface area contributed by atoms with Crippen LogP contribution < -0.4 is 10.6 Å². The van der Waals surface area contributed by atoms with Crippen LogP contribution in [-0.4, -0.2) is 11.3 Å². The summed E-state index contributed by atoms with van der Waals surface area (Å²) in [6, 6.07) is 22.3. The minimum Gasteiger partial charge on any atom is -0.0620 e. The molecule has 0 radical (unpaired) electrons. The van der Waals surface area contributed by atoms with E-state index < -0.39 is 7.26 Å². The zero-order chi connectivity index (χ0) is 14.6. The van der Waals surface area contributed by atoms with Gasteiger partial charge in [-0.3, -0.25) is 0 Å². The first-order chi connectivity index (χ1) is 9.52. The van der Waals surface area contributed by atoms with Crippen LogP contribution in [0.25, 0.3) is 0 Å². The fourth-order valence-corrected chi connectivity index (χ4v) is 8.29. The summed E-state index contributed by atoms with van der Waals surface area (Å²) in [6.07, 6.45) is 2.51. The maximum absolute atomic E-state index is 2.41. The number of hydrogen-bond donors (Lipinski definition) is 0. The minimum absolute atomic E-state index is 0.283. The number of benzene rings is 2. The molecule has 0 aromatic heterocycles. The van der Waals surface area contributed by atoms with Gasteiger partial charge in [-0.25, -0.2) is 0 Å². The summed E-state index contributed by atoms with van der Waals surface area (Å²) in [6.45, 7) is 9.55. The highest BCUT2D eigenvalue weighted by atomic mass is 31.2. The van der Waals surface area contributed by atoms with Gasteiger partial charge in [-0.15, -0.1) is 0 Å². The molecule has 0 heterocycles. The summed E-state index contributed by atoms with van der Waals surface area (Å²) in [5.41, 5.74) is 0. The third kappa shape index (κ3) is 2.67. The summed E-state index contributed by atoms with van der Waals surface area (Å²) < 4.78 is 0. The average Bonchev–Trinajstić information content (AvgIpc) is 2.45. The van der Waals surface area contributed by atoms with Crippen molar-refractivity contribution in [1.29, 1.82) is 0 Å². The highest BCUT2D eigenvalue weighted by Crippen LogP contribution is 2.66. The van der Waals surface area contributed by atoms with E-state index in [0.29, 0.717) is 0 Å². The Kier molecular flexibility index (Phi) is 4.66. The van der Waals surface area contributed by atoms with E-state index >= 15 is 0 Å². The second kappa shape index (κ2) is 6.10. The first-order valence-corrected chi connectivity index (χ1v) is 9.49. The molecule has 0 unspecified atom stereocenters. The van der Waals surface area contributed by atoms with Gasteiger partial charge in [-0.1, -0.05) is 43.3 Å². The van der Waals surface area contributed by atoms with E-state index in [4.69, 9.17) is 0 Å². The van der Waals surface area contributed by atoms with Crippen LogP contribution in [0.3, 0.4) is 0 Å². The van der Waals surface area contributed by atoms with Crippen LogP contribution in [0.5, 0.6) is 0 Å². The Morgan fingerprint density at radius 3 is 1.45 bits per heavy atom. The van der Waals surface area contributed by atoms with Gasteiger partial charge in [0.25, 0.3) is 0 Å². The molecular weight excluding hydrogens is 259 g/mol. The molecule has 0 nitrogen and oxygen atoms in total. The quantitative estimate of drug-likeness (QED) is 0.703. The van der Waals surface area contributed by atoms with E-state index in [1.165, 1.54) is 12.6 Å². The molecule has 0 aliphatic rings. The monoisotopic (exact) mass is 285 g/mol. The van der Waals surface area contributed by atoms with Crippen LogP contribution in [0.15, 0.2) is 60.7 Å². The van der Waals surface area contributed by atoms with E-state index in [0.717, 1.165) is 0 Å². The smallest absolute Gasteiger partial charge is 0.0620 e. The largest absolute Gasteiger partial charge is 0.0997 e. The lowest BCUT2D eigenvalue weighted by Gasteiger charge is -2.38. The molecule has 2 aromatic carbocycles. The lowest BCUT2D eigenvalue weighted by molar-refractivity contribution is 0.775. The van der Waals surface area contributed by atoms with Crippen LogP contribution in [0.2, 0.25) is 0 Å². The molecule has 0 spiro atoms. The summed E-state index contributed by atoms with van der Waals surface area (Å²) >= 11 is 0. The van der Waals surface area contributed by atoms with E-state index in [2.05, 4.69) is 88.4 Å². The van der Waals surface area contributed by atoms with Crippen molar-refractivity contribution in [3.05, 3.63) is 60.7 Å². The topological polar surface area (TPSA) is 0 Å². The summed E-state index contributed by atoms with van der Waals surface area (Å²) in [5.74, 6) is 0. The fourth-order valence-electron chi connectivity index (χ4n) is 3.22. The molecule has 0 saturated heterocycles. The molecule has 0 amide bonds. The predicted octanol–water partition coefficient (Wildman–Crippen LogP) is 4.86. The molecule has 1 heteroatoms. The lowest BCUT2D eigenvalue weighted by Crippen LogP contribution is -2.37. The Labute approximate surface area is 124 Å². The van der Waals surface area contributed by atoms with Crippen molar-refractivity contribution >= 4 is 17.9 Å². The Hall–Kier alpha value is -1.13. The molecule has 0 aliphatic carbocycles. The first kappa shape index (κ1) is 15.3. The van der Waals surface area contributed by atoms with Crippen molar-refractivity contribution in [2.45, 2.75) is 39.3 Å². The van der Waals surface area contributed by atoms with Gasteiger partial charge >= 0.3 is 0 Å².